The van der Waals surface area contributed by atoms with Crippen molar-refractivity contribution in [3.05, 3.63) is 104 Å². The number of piperidine rings is 1. The number of likely N-dealkylation sites (tertiary alicyclic amines) is 1. The number of nitrogens with zero attached hydrogens (tertiary/aromatic N) is 8. The first-order chi connectivity index (χ1) is 28.0. The van der Waals surface area contributed by atoms with Gasteiger partial charge >= 0.3 is 0 Å². The zero-order chi connectivity index (χ0) is 42.2. The van der Waals surface area contributed by atoms with E-state index in [2.05, 4.69) is 42.6 Å². The molecule has 0 unspecified atom stereocenters. The minimum absolute atomic E-state index is 0.0699. The van der Waals surface area contributed by atoms with Gasteiger partial charge in [0.2, 0.25) is 0 Å². The Bertz CT molecular complexity index is 2930. The normalized spacial score (nSPS) is 13.9. The number of hydrogen-bond acceptors (Lipinski definition) is 12. The van der Waals surface area contributed by atoms with Crippen LogP contribution < -0.4 is 15.2 Å². The summed E-state index contributed by atoms with van der Waals surface area (Å²) in [4.78, 5) is 48.4. The van der Waals surface area contributed by atoms with Crippen LogP contribution in [-0.4, -0.2) is 82.4 Å². The summed E-state index contributed by atoms with van der Waals surface area (Å²) in [5, 5.41) is 12.4. The van der Waals surface area contributed by atoms with Gasteiger partial charge in [0.25, 0.3) is 27.4 Å². The van der Waals surface area contributed by atoms with Gasteiger partial charge in [-0.25, -0.2) is 31.9 Å². The SMILES string of the molecule is Cc1cc(S(=O)(=O)NC(=O)c2csc3c(-c4cc(Cl)ccc4C#CCn4c(C)nc5cnc(N(C)C6CCN(CC(C)(F)F)CC6)c(C#N)c5c4=O)ccnc23)ccn1. The number of nitrogens with one attached hydrogen (secondary N) is 1. The Kier molecular flexibility index (Phi) is 11.5. The number of alkyl halides is 2. The molecular formula is C41H36ClF2N9O4S2. The Hall–Kier alpha value is -5.85. The van der Waals surface area contributed by atoms with Crippen molar-refractivity contribution in [2.45, 2.75) is 57.0 Å². The highest BCUT2D eigenvalue weighted by atomic mass is 35.5. The molecule has 13 nitrogen and oxygen atoms in total. The van der Waals surface area contributed by atoms with Gasteiger partial charge < -0.3 is 4.90 Å². The van der Waals surface area contributed by atoms with E-state index in [0.29, 0.717) is 69.7 Å². The molecule has 1 amide bonds. The fourth-order valence-electron chi connectivity index (χ4n) is 7.19. The molecule has 0 saturated carbocycles. The summed E-state index contributed by atoms with van der Waals surface area (Å²) in [7, 11) is -2.40. The zero-order valence-corrected chi connectivity index (χ0v) is 34.6. The van der Waals surface area contributed by atoms with Crippen molar-refractivity contribution in [2.24, 2.45) is 0 Å². The highest BCUT2D eigenvalue weighted by molar-refractivity contribution is 7.90. The molecule has 6 heterocycles. The van der Waals surface area contributed by atoms with Crippen molar-refractivity contribution in [1.29, 1.82) is 5.26 Å². The molecule has 1 aliphatic rings. The van der Waals surface area contributed by atoms with Gasteiger partial charge in [-0.1, -0.05) is 23.4 Å². The van der Waals surface area contributed by atoms with Gasteiger partial charge in [0.1, 0.15) is 23.3 Å². The lowest BCUT2D eigenvalue weighted by molar-refractivity contribution is -0.0198. The van der Waals surface area contributed by atoms with Crippen molar-refractivity contribution in [1.82, 2.24) is 34.1 Å². The molecule has 1 aliphatic heterocycles. The zero-order valence-electron chi connectivity index (χ0n) is 32.3. The molecule has 0 aliphatic carbocycles. The van der Waals surface area contributed by atoms with Gasteiger partial charge in [-0.05, 0) is 63.1 Å². The third-order valence-corrected chi connectivity index (χ3v) is 12.6. The summed E-state index contributed by atoms with van der Waals surface area (Å²) in [5.74, 6) is 3.26. The van der Waals surface area contributed by atoms with Crippen LogP contribution in [0, 0.1) is 37.0 Å². The van der Waals surface area contributed by atoms with Crippen molar-refractivity contribution in [3.63, 3.8) is 0 Å². The number of carbonyl (C=O) groups is 1. The Balaban J connectivity index is 1.17. The van der Waals surface area contributed by atoms with E-state index in [1.54, 1.807) is 50.1 Å². The first kappa shape index (κ1) is 41.3. The number of hydrogen-bond donors (Lipinski definition) is 1. The number of anilines is 1. The number of aryl methyl sites for hydroxylation is 2. The number of nitriles is 1. The molecular weight excluding hydrogens is 820 g/mol. The number of rotatable bonds is 9. The average molecular weight is 856 g/mol. The monoisotopic (exact) mass is 855 g/mol. The number of benzene rings is 1. The Morgan fingerprint density at radius 3 is 2.56 bits per heavy atom. The molecule has 0 spiro atoms. The second-order valence-corrected chi connectivity index (χ2v) is 17.3. The number of thiophene rings is 1. The van der Waals surface area contributed by atoms with E-state index in [0.717, 1.165) is 6.92 Å². The number of pyridine rings is 3. The number of aromatic nitrogens is 5. The van der Waals surface area contributed by atoms with Crippen molar-refractivity contribution in [3.8, 4) is 29.0 Å². The smallest absolute Gasteiger partial charge is 0.268 e. The molecule has 0 bridgehead atoms. The molecule has 1 aromatic carbocycles. The number of carbonyl (C=O) groups excluding carboxylic acids is 1. The summed E-state index contributed by atoms with van der Waals surface area (Å²) < 4.78 is 57.4. The van der Waals surface area contributed by atoms with Crippen LogP contribution in [0.2, 0.25) is 5.02 Å². The Morgan fingerprint density at radius 2 is 1.85 bits per heavy atom. The molecule has 7 rings (SSSR count). The van der Waals surface area contributed by atoms with E-state index < -0.39 is 27.4 Å². The molecule has 5 aromatic heterocycles. The minimum atomic E-state index is -4.19. The number of halogens is 3. The second-order valence-electron chi connectivity index (χ2n) is 14.3. The largest absolute Gasteiger partial charge is 0.355 e. The third-order valence-electron chi connectivity index (χ3n) is 10.1. The van der Waals surface area contributed by atoms with Crippen molar-refractivity contribution in [2.75, 3.05) is 31.6 Å². The first-order valence-corrected chi connectivity index (χ1v) is 21.1. The molecule has 1 fully saturated rings. The van der Waals surface area contributed by atoms with Crippen LogP contribution in [0.25, 0.3) is 32.2 Å². The third kappa shape index (κ3) is 8.65. The summed E-state index contributed by atoms with van der Waals surface area (Å²) in [6.07, 6.45) is 5.49. The van der Waals surface area contributed by atoms with Gasteiger partial charge in [0.15, 0.2) is 0 Å². The van der Waals surface area contributed by atoms with Crippen LogP contribution in [0.15, 0.2) is 70.1 Å². The topological polar surface area (TPSA) is 167 Å². The summed E-state index contributed by atoms with van der Waals surface area (Å²) >= 11 is 7.68. The van der Waals surface area contributed by atoms with Crippen molar-refractivity contribution >= 4 is 65.8 Å². The fourth-order valence-corrected chi connectivity index (χ4v) is 9.43. The quantitative estimate of drug-likeness (QED) is 0.162. The summed E-state index contributed by atoms with van der Waals surface area (Å²) in [6.45, 7) is 4.75. The van der Waals surface area contributed by atoms with Crippen LogP contribution in [0.3, 0.4) is 0 Å². The molecule has 0 radical (unpaired) electrons. The molecule has 0 atom stereocenters. The van der Waals surface area contributed by atoms with E-state index in [-0.39, 0.29) is 51.6 Å². The maximum atomic E-state index is 14.1. The molecule has 302 valence electrons. The van der Waals surface area contributed by atoms with E-state index in [9.17, 15) is 32.0 Å². The molecule has 18 heteroatoms. The van der Waals surface area contributed by atoms with Crippen molar-refractivity contribution < 1.29 is 22.0 Å². The predicted octanol–water partition coefficient (Wildman–Crippen LogP) is 6.33. The summed E-state index contributed by atoms with van der Waals surface area (Å²) in [5.41, 5.74) is 2.52. The maximum Gasteiger partial charge on any atom is 0.268 e. The van der Waals surface area contributed by atoms with Crippen LogP contribution in [0.4, 0.5) is 14.6 Å². The van der Waals surface area contributed by atoms with Crippen LogP contribution >= 0.6 is 22.9 Å². The predicted molar refractivity (Wildman–Crippen MR) is 222 cm³/mol. The first-order valence-electron chi connectivity index (χ1n) is 18.3. The molecule has 6 aromatic rings. The van der Waals surface area contributed by atoms with Crippen LogP contribution in [0.1, 0.15) is 52.8 Å². The lowest BCUT2D eigenvalue weighted by Gasteiger charge is -2.38. The highest BCUT2D eigenvalue weighted by Gasteiger charge is 2.31. The lowest BCUT2D eigenvalue weighted by atomic mass is 10.00. The molecule has 59 heavy (non-hydrogen) atoms. The van der Waals surface area contributed by atoms with E-state index in [4.69, 9.17) is 11.6 Å². The lowest BCUT2D eigenvalue weighted by Crippen LogP contribution is -2.46. The number of fused-ring (bicyclic) bond motifs is 2. The second kappa shape index (κ2) is 16.4. The minimum Gasteiger partial charge on any atom is -0.355 e. The average Bonchev–Trinajstić information content (AvgIpc) is 3.63. The molecule has 1 N–H and O–H groups in total. The van der Waals surface area contributed by atoms with Gasteiger partial charge in [0, 0.05) is 78.3 Å². The van der Waals surface area contributed by atoms with Crippen LogP contribution in [-0.2, 0) is 16.6 Å². The van der Waals surface area contributed by atoms with E-state index in [1.807, 2.05) is 4.90 Å². The van der Waals surface area contributed by atoms with Crippen LogP contribution in [0.5, 0.6) is 0 Å². The molecule has 1 saturated heterocycles. The van der Waals surface area contributed by atoms with Gasteiger partial charge in [-0.15, -0.1) is 11.3 Å². The highest BCUT2D eigenvalue weighted by Crippen LogP contribution is 2.37. The Labute approximate surface area is 347 Å². The van der Waals surface area contributed by atoms with Gasteiger partial charge in [-0.3, -0.25) is 29.0 Å². The Morgan fingerprint density at radius 1 is 1.10 bits per heavy atom. The maximum absolute atomic E-state index is 14.1. The fraction of sp³-hybridized carbons (Fsp3) is 0.293. The number of sulfonamides is 1. The van der Waals surface area contributed by atoms with E-state index >= 15 is 0 Å². The summed E-state index contributed by atoms with van der Waals surface area (Å²) in [6, 6.07) is 11.6. The van der Waals surface area contributed by atoms with E-state index in [1.165, 1.54) is 52.0 Å². The van der Waals surface area contributed by atoms with Gasteiger partial charge in [-0.2, -0.15) is 5.26 Å². The van der Waals surface area contributed by atoms with Gasteiger partial charge in [0.05, 0.1) is 50.9 Å². The standard InChI is InChI=1S/C41H36ClF2N9O4S2/c1-24-18-29(9-13-46-24)59(56,57)50-39(54)33-22-58-37-30(10-14-47-36(33)37)31-19-27(42)8-7-26(31)6-5-15-53-25(2)49-34-21-48-38(32(20-45)35(34)40(53)55)51(4)28-11-16-52(17-12-28)23-41(3,43)44/h7-10,13-14,18-19,21-22,28H,11-12,15-17,23H2,1-4H3,(H,50,54). The number of amides is 1.